The van der Waals surface area contributed by atoms with E-state index in [1.54, 1.807) is 0 Å². The molecule has 0 saturated carbocycles. The molecule has 2 aromatic carbocycles. The number of ether oxygens (including phenoxy) is 1. The van der Waals surface area contributed by atoms with E-state index in [0.29, 0.717) is 0 Å². The third-order valence-corrected chi connectivity index (χ3v) is 3.59. The molecule has 23 heavy (non-hydrogen) atoms. The fourth-order valence-electron chi connectivity index (χ4n) is 2.52. The summed E-state index contributed by atoms with van der Waals surface area (Å²) in [5, 5.41) is 6.49. The SMILES string of the molecule is CC(C)Oc1ccc(Cc2ccc(NC3=NCCN3)cc2)cc1. The Morgan fingerprint density at radius 2 is 1.70 bits per heavy atom. The van der Waals surface area contributed by atoms with Gasteiger partial charge in [0, 0.05) is 12.2 Å². The van der Waals surface area contributed by atoms with Gasteiger partial charge in [-0.3, -0.25) is 4.99 Å². The van der Waals surface area contributed by atoms with Gasteiger partial charge in [-0.2, -0.15) is 0 Å². The van der Waals surface area contributed by atoms with Crippen molar-refractivity contribution in [1.29, 1.82) is 0 Å². The minimum atomic E-state index is 0.208. The Bertz CT molecular complexity index is 660. The molecule has 0 saturated heterocycles. The van der Waals surface area contributed by atoms with E-state index in [1.807, 2.05) is 26.0 Å². The third-order valence-electron chi connectivity index (χ3n) is 3.59. The maximum absolute atomic E-state index is 5.67. The van der Waals surface area contributed by atoms with Crippen LogP contribution < -0.4 is 15.4 Å². The number of nitrogens with zero attached hydrogens (tertiary/aromatic N) is 1. The van der Waals surface area contributed by atoms with Crippen LogP contribution in [0.5, 0.6) is 5.75 Å². The highest BCUT2D eigenvalue weighted by molar-refractivity contribution is 5.94. The first-order valence-corrected chi connectivity index (χ1v) is 8.09. The van der Waals surface area contributed by atoms with Crippen molar-refractivity contribution in [2.75, 3.05) is 18.4 Å². The van der Waals surface area contributed by atoms with Gasteiger partial charge in [0.1, 0.15) is 5.75 Å². The number of benzene rings is 2. The van der Waals surface area contributed by atoms with E-state index < -0.39 is 0 Å². The average molecular weight is 309 g/mol. The molecule has 0 amide bonds. The van der Waals surface area contributed by atoms with E-state index in [-0.39, 0.29) is 6.10 Å². The summed E-state index contributed by atoms with van der Waals surface area (Å²) in [7, 11) is 0. The molecule has 0 atom stereocenters. The lowest BCUT2D eigenvalue weighted by Crippen LogP contribution is -2.26. The molecule has 0 radical (unpaired) electrons. The first-order valence-electron chi connectivity index (χ1n) is 8.09. The standard InChI is InChI=1S/C19H23N3O/c1-14(2)23-18-9-5-16(6-10-18)13-15-3-7-17(8-4-15)22-19-20-11-12-21-19/h3-10,14H,11-13H2,1-2H3,(H2,20,21,22). The Kier molecular flexibility index (Phi) is 4.81. The largest absolute Gasteiger partial charge is 0.491 e. The van der Waals surface area contributed by atoms with Crippen LogP contribution in [0.4, 0.5) is 5.69 Å². The van der Waals surface area contributed by atoms with Crippen LogP contribution in [0.3, 0.4) is 0 Å². The predicted molar refractivity (Wildman–Crippen MR) is 95.4 cm³/mol. The average Bonchev–Trinajstić information content (AvgIpc) is 3.04. The molecule has 0 fully saturated rings. The molecule has 0 spiro atoms. The van der Waals surface area contributed by atoms with Crippen molar-refractivity contribution in [3.63, 3.8) is 0 Å². The van der Waals surface area contributed by atoms with Gasteiger partial charge in [-0.1, -0.05) is 24.3 Å². The highest BCUT2D eigenvalue weighted by atomic mass is 16.5. The second-order valence-electron chi connectivity index (χ2n) is 5.97. The molecule has 0 bridgehead atoms. The lowest BCUT2D eigenvalue weighted by atomic mass is 10.0. The van der Waals surface area contributed by atoms with Crippen LogP contribution >= 0.6 is 0 Å². The second-order valence-corrected chi connectivity index (χ2v) is 5.97. The lowest BCUT2D eigenvalue weighted by molar-refractivity contribution is 0.242. The predicted octanol–water partition coefficient (Wildman–Crippen LogP) is 3.44. The Hall–Kier alpha value is -2.49. The van der Waals surface area contributed by atoms with Crippen LogP contribution in [0.25, 0.3) is 0 Å². The highest BCUT2D eigenvalue weighted by Crippen LogP contribution is 2.18. The Labute approximate surface area is 137 Å². The topological polar surface area (TPSA) is 45.6 Å². The second kappa shape index (κ2) is 7.18. The molecule has 1 heterocycles. The summed E-state index contributed by atoms with van der Waals surface area (Å²) in [4.78, 5) is 4.33. The summed E-state index contributed by atoms with van der Waals surface area (Å²) in [5.41, 5.74) is 3.63. The zero-order chi connectivity index (χ0) is 16.1. The summed E-state index contributed by atoms with van der Waals surface area (Å²) in [6.07, 6.45) is 1.13. The van der Waals surface area contributed by atoms with E-state index in [0.717, 1.165) is 36.9 Å². The first-order chi connectivity index (χ1) is 11.2. The van der Waals surface area contributed by atoms with Gasteiger partial charge in [0.2, 0.25) is 0 Å². The summed E-state index contributed by atoms with van der Waals surface area (Å²) in [6.45, 7) is 5.83. The van der Waals surface area contributed by atoms with Crippen molar-refractivity contribution < 1.29 is 4.74 Å². The fourth-order valence-corrected chi connectivity index (χ4v) is 2.52. The molecule has 2 aromatic rings. The van der Waals surface area contributed by atoms with Crippen LogP contribution in [-0.4, -0.2) is 25.2 Å². The zero-order valence-electron chi connectivity index (χ0n) is 13.7. The maximum atomic E-state index is 5.67. The number of hydrogen-bond acceptors (Lipinski definition) is 4. The fraction of sp³-hybridized carbons (Fsp3) is 0.316. The minimum Gasteiger partial charge on any atom is -0.491 e. The molecule has 1 aliphatic heterocycles. The Morgan fingerprint density at radius 3 is 2.26 bits per heavy atom. The lowest BCUT2D eigenvalue weighted by Gasteiger charge is -2.10. The van der Waals surface area contributed by atoms with Gasteiger partial charge in [-0.25, -0.2) is 0 Å². The van der Waals surface area contributed by atoms with E-state index in [9.17, 15) is 0 Å². The summed E-state index contributed by atoms with van der Waals surface area (Å²) >= 11 is 0. The van der Waals surface area contributed by atoms with E-state index in [1.165, 1.54) is 11.1 Å². The third kappa shape index (κ3) is 4.49. The smallest absolute Gasteiger partial charge is 0.195 e. The van der Waals surface area contributed by atoms with Crippen LogP contribution in [-0.2, 0) is 6.42 Å². The van der Waals surface area contributed by atoms with Gasteiger partial charge in [0.25, 0.3) is 0 Å². The number of aliphatic imine (C=N–C) groups is 1. The van der Waals surface area contributed by atoms with Crippen molar-refractivity contribution in [3.05, 3.63) is 59.7 Å². The molecular weight excluding hydrogens is 286 g/mol. The van der Waals surface area contributed by atoms with Gasteiger partial charge in [0.05, 0.1) is 12.6 Å². The van der Waals surface area contributed by atoms with Crippen molar-refractivity contribution >= 4 is 11.6 Å². The first kappa shape index (κ1) is 15.4. The van der Waals surface area contributed by atoms with E-state index >= 15 is 0 Å². The van der Waals surface area contributed by atoms with Gasteiger partial charge >= 0.3 is 0 Å². The molecule has 120 valence electrons. The van der Waals surface area contributed by atoms with Gasteiger partial charge < -0.3 is 15.4 Å². The maximum Gasteiger partial charge on any atom is 0.195 e. The molecular formula is C19H23N3O. The highest BCUT2D eigenvalue weighted by Gasteiger charge is 2.05. The number of nitrogens with one attached hydrogen (secondary N) is 2. The van der Waals surface area contributed by atoms with Crippen molar-refractivity contribution in [1.82, 2.24) is 5.32 Å². The van der Waals surface area contributed by atoms with Crippen LogP contribution in [0, 0.1) is 0 Å². The summed E-state index contributed by atoms with van der Waals surface area (Å²) in [6, 6.07) is 16.8. The summed E-state index contributed by atoms with van der Waals surface area (Å²) in [5.74, 6) is 1.78. The monoisotopic (exact) mass is 309 g/mol. The van der Waals surface area contributed by atoms with E-state index in [2.05, 4.69) is 52.0 Å². The molecule has 1 aliphatic rings. The van der Waals surface area contributed by atoms with Crippen molar-refractivity contribution in [2.24, 2.45) is 4.99 Å². The number of anilines is 1. The van der Waals surface area contributed by atoms with Crippen molar-refractivity contribution in [3.8, 4) is 5.75 Å². The van der Waals surface area contributed by atoms with Gasteiger partial charge in [-0.05, 0) is 55.7 Å². The Balaban J connectivity index is 1.59. The number of guanidine groups is 1. The molecule has 2 N–H and O–H groups in total. The molecule has 0 unspecified atom stereocenters. The van der Waals surface area contributed by atoms with E-state index in [4.69, 9.17) is 4.74 Å². The zero-order valence-corrected chi connectivity index (χ0v) is 13.7. The normalized spacial score (nSPS) is 13.6. The molecule has 4 nitrogen and oxygen atoms in total. The molecule has 3 rings (SSSR count). The number of hydrogen-bond donors (Lipinski definition) is 2. The van der Waals surface area contributed by atoms with Crippen LogP contribution in [0.1, 0.15) is 25.0 Å². The minimum absolute atomic E-state index is 0.208. The number of rotatable bonds is 5. The van der Waals surface area contributed by atoms with Crippen molar-refractivity contribution in [2.45, 2.75) is 26.4 Å². The summed E-state index contributed by atoms with van der Waals surface area (Å²) < 4.78 is 5.67. The quantitative estimate of drug-likeness (QED) is 0.889. The molecule has 0 aromatic heterocycles. The van der Waals surface area contributed by atoms with Crippen LogP contribution in [0.2, 0.25) is 0 Å². The Morgan fingerprint density at radius 1 is 1.04 bits per heavy atom. The van der Waals surface area contributed by atoms with Gasteiger partial charge in [0.15, 0.2) is 5.96 Å². The van der Waals surface area contributed by atoms with Gasteiger partial charge in [-0.15, -0.1) is 0 Å². The molecule has 4 heteroatoms. The molecule has 0 aliphatic carbocycles. The van der Waals surface area contributed by atoms with Crippen LogP contribution in [0.15, 0.2) is 53.5 Å².